The number of thioether (sulfide) groups is 1. The van der Waals surface area contributed by atoms with E-state index in [9.17, 15) is 22.8 Å². The predicted octanol–water partition coefficient (Wildman–Crippen LogP) is 8.09. The van der Waals surface area contributed by atoms with Gasteiger partial charge in [0.2, 0.25) is 5.91 Å². The molecule has 0 aliphatic rings. The van der Waals surface area contributed by atoms with Gasteiger partial charge in [0.1, 0.15) is 11.0 Å². The maximum absolute atomic E-state index is 13.6. The van der Waals surface area contributed by atoms with Gasteiger partial charge in [0, 0.05) is 21.2 Å². The average Bonchev–Trinajstić information content (AvgIpc) is 2.92. The van der Waals surface area contributed by atoms with Crippen molar-refractivity contribution >= 4 is 46.6 Å². The molecular weight excluding hydrogens is 549 g/mol. The molecule has 4 rings (SSSR count). The normalized spacial score (nSPS) is 11.9. The molecular formula is C29H22ClF3N2O3S. The highest BCUT2D eigenvalue weighted by Gasteiger charge is 2.35. The Morgan fingerprint density at radius 2 is 1.62 bits per heavy atom. The molecule has 0 bridgehead atoms. The van der Waals surface area contributed by atoms with E-state index in [-0.39, 0.29) is 10.9 Å². The number of methoxy groups -OCH3 is 1. The fourth-order valence-corrected chi connectivity index (χ4v) is 4.97. The van der Waals surface area contributed by atoms with Crippen molar-refractivity contribution < 1.29 is 27.5 Å². The lowest BCUT2D eigenvalue weighted by Gasteiger charge is -2.20. The van der Waals surface area contributed by atoms with Crippen molar-refractivity contribution in [2.24, 2.45) is 0 Å². The van der Waals surface area contributed by atoms with Crippen LogP contribution in [0.5, 0.6) is 5.75 Å². The molecule has 5 nitrogen and oxygen atoms in total. The minimum Gasteiger partial charge on any atom is -0.497 e. The number of amides is 2. The summed E-state index contributed by atoms with van der Waals surface area (Å²) in [6, 6.07) is 25.4. The van der Waals surface area contributed by atoms with Crippen LogP contribution in [-0.2, 0) is 11.0 Å². The van der Waals surface area contributed by atoms with E-state index >= 15 is 0 Å². The van der Waals surface area contributed by atoms with Crippen molar-refractivity contribution in [3.63, 3.8) is 0 Å². The van der Waals surface area contributed by atoms with Gasteiger partial charge in [-0.2, -0.15) is 13.2 Å². The molecule has 2 amide bonds. The molecule has 200 valence electrons. The van der Waals surface area contributed by atoms with Crippen LogP contribution in [0.25, 0.3) is 0 Å². The second kappa shape index (κ2) is 12.3. The number of nitrogens with one attached hydrogen (secondary N) is 2. The molecule has 10 heteroatoms. The molecule has 4 aromatic rings. The number of carbonyl (C=O) groups excluding carboxylic acids is 2. The van der Waals surface area contributed by atoms with Gasteiger partial charge in [-0.15, -0.1) is 11.8 Å². The van der Waals surface area contributed by atoms with Gasteiger partial charge in [0.25, 0.3) is 5.91 Å². The fraction of sp³-hybridized carbons (Fsp3) is 0.103. The quantitative estimate of drug-likeness (QED) is 0.210. The van der Waals surface area contributed by atoms with Gasteiger partial charge >= 0.3 is 6.18 Å². The molecule has 0 saturated carbocycles. The first-order chi connectivity index (χ1) is 18.6. The van der Waals surface area contributed by atoms with Crippen LogP contribution in [0.4, 0.5) is 24.5 Å². The van der Waals surface area contributed by atoms with Gasteiger partial charge in [-0.25, -0.2) is 0 Å². The molecule has 0 aromatic heterocycles. The van der Waals surface area contributed by atoms with Crippen molar-refractivity contribution in [3.05, 3.63) is 119 Å². The summed E-state index contributed by atoms with van der Waals surface area (Å²) >= 11 is 6.92. The Morgan fingerprint density at radius 3 is 2.33 bits per heavy atom. The van der Waals surface area contributed by atoms with Crippen LogP contribution in [-0.4, -0.2) is 18.9 Å². The van der Waals surface area contributed by atoms with Crippen LogP contribution in [0.2, 0.25) is 5.02 Å². The standard InChI is InChI=1S/C29H22ClF3N2O3S/c1-38-22-11-5-9-19(15-22)27(36)34-21-10-6-12-23(17-21)39-26(18-7-3-2-4-8-18)28(37)35-25-14-13-20(30)16-24(25)29(31,32)33/h2-17,26H,1H3,(H,34,36)(H,35,37). The zero-order valence-corrected chi connectivity index (χ0v) is 22.0. The van der Waals surface area contributed by atoms with Crippen molar-refractivity contribution in [2.75, 3.05) is 17.7 Å². The third-order valence-electron chi connectivity index (χ3n) is 5.56. The number of hydrogen-bond acceptors (Lipinski definition) is 4. The van der Waals surface area contributed by atoms with E-state index in [0.717, 1.165) is 23.9 Å². The maximum Gasteiger partial charge on any atom is 0.418 e. The van der Waals surface area contributed by atoms with Crippen molar-refractivity contribution in [1.29, 1.82) is 0 Å². The monoisotopic (exact) mass is 570 g/mol. The summed E-state index contributed by atoms with van der Waals surface area (Å²) in [7, 11) is 1.51. The lowest BCUT2D eigenvalue weighted by Crippen LogP contribution is -2.21. The molecule has 1 unspecified atom stereocenters. The van der Waals surface area contributed by atoms with Crippen molar-refractivity contribution in [1.82, 2.24) is 0 Å². The second-order valence-corrected chi connectivity index (χ2v) is 9.91. The third kappa shape index (κ3) is 7.34. The molecule has 1 atom stereocenters. The molecule has 0 saturated heterocycles. The number of benzene rings is 4. The van der Waals surface area contributed by atoms with E-state index < -0.39 is 28.6 Å². The summed E-state index contributed by atoms with van der Waals surface area (Å²) in [5.41, 5.74) is 0.0444. The average molecular weight is 571 g/mol. The molecule has 0 fully saturated rings. The second-order valence-electron chi connectivity index (χ2n) is 8.30. The van der Waals surface area contributed by atoms with Crippen LogP contribution in [0.3, 0.4) is 0 Å². The van der Waals surface area contributed by atoms with Crippen LogP contribution in [0.15, 0.2) is 102 Å². The Morgan fingerprint density at radius 1 is 0.872 bits per heavy atom. The van der Waals surface area contributed by atoms with E-state index in [0.29, 0.717) is 27.5 Å². The first-order valence-corrected chi connectivity index (χ1v) is 12.8. The number of anilines is 2. The molecule has 0 aliphatic heterocycles. The summed E-state index contributed by atoms with van der Waals surface area (Å²) in [6.07, 6.45) is -4.71. The van der Waals surface area contributed by atoms with E-state index in [1.807, 2.05) is 0 Å². The van der Waals surface area contributed by atoms with Gasteiger partial charge in [-0.3, -0.25) is 9.59 Å². The van der Waals surface area contributed by atoms with E-state index in [2.05, 4.69) is 10.6 Å². The summed E-state index contributed by atoms with van der Waals surface area (Å²) in [4.78, 5) is 26.7. The van der Waals surface area contributed by atoms with E-state index in [4.69, 9.17) is 16.3 Å². The lowest BCUT2D eigenvalue weighted by atomic mass is 10.1. The summed E-state index contributed by atoms with van der Waals surface area (Å²) in [5.74, 6) is -0.460. The zero-order valence-electron chi connectivity index (χ0n) is 20.5. The SMILES string of the molecule is COc1cccc(C(=O)Nc2cccc(SC(C(=O)Nc3ccc(Cl)cc3C(F)(F)F)c3ccccc3)c2)c1. The smallest absolute Gasteiger partial charge is 0.418 e. The number of carbonyl (C=O) groups is 2. The maximum atomic E-state index is 13.6. The third-order valence-corrected chi connectivity index (χ3v) is 7.05. The molecule has 0 aliphatic carbocycles. The van der Waals surface area contributed by atoms with Crippen molar-refractivity contribution in [2.45, 2.75) is 16.3 Å². The zero-order chi connectivity index (χ0) is 28.0. The highest BCUT2D eigenvalue weighted by Crippen LogP contribution is 2.40. The Bertz CT molecular complexity index is 1480. The minimum atomic E-state index is -4.71. The number of hydrogen-bond donors (Lipinski definition) is 2. The van der Waals surface area contributed by atoms with E-state index in [1.54, 1.807) is 78.9 Å². The Balaban J connectivity index is 1.58. The molecule has 4 aromatic carbocycles. The van der Waals surface area contributed by atoms with Gasteiger partial charge in [0.05, 0.1) is 18.4 Å². The van der Waals surface area contributed by atoms with Gasteiger partial charge in [0.15, 0.2) is 0 Å². The summed E-state index contributed by atoms with van der Waals surface area (Å²) < 4.78 is 46.0. The van der Waals surface area contributed by atoms with E-state index in [1.165, 1.54) is 13.2 Å². The molecule has 0 radical (unpaired) electrons. The van der Waals surface area contributed by atoms with Crippen LogP contribution < -0.4 is 15.4 Å². The molecule has 0 spiro atoms. The van der Waals surface area contributed by atoms with Gasteiger partial charge in [-0.05, 0) is 60.2 Å². The number of ether oxygens (including phenoxy) is 1. The topological polar surface area (TPSA) is 67.4 Å². The number of alkyl halides is 3. The van der Waals surface area contributed by atoms with Crippen LogP contribution in [0.1, 0.15) is 26.7 Å². The molecule has 2 N–H and O–H groups in total. The lowest BCUT2D eigenvalue weighted by molar-refractivity contribution is -0.137. The summed E-state index contributed by atoms with van der Waals surface area (Å²) in [6.45, 7) is 0. The molecule has 39 heavy (non-hydrogen) atoms. The minimum absolute atomic E-state index is 0.0953. The predicted molar refractivity (Wildman–Crippen MR) is 148 cm³/mol. The highest BCUT2D eigenvalue weighted by molar-refractivity contribution is 8.00. The number of rotatable bonds is 8. The Labute approximate surface area is 232 Å². The largest absolute Gasteiger partial charge is 0.497 e. The summed E-state index contributed by atoms with van der Waals surface area (Å²) in [5, 5.41) is 4.25. The number of halogens is 4. The van der Waals surface area contributed by atoms with Gasteiger partial charge < -0.3 is 15.4 Å². The highest BCUT2D eigenvalue weighted by atomic mass is 35.5. The molecule has 0 heterocycles. The van der Waals surface area contributed by atoms with Crippen LogP contribution in [0, 0.1) is 0 Å². The first kappa shape index (κ1) is 28.1. The first-order valence-electron chi connectivity index (χ1n) is 11.6. The Hall–Kier alpha value is -3.95. The van der Waals surface area contributed by atoms with Crippen LogP contribution >= 0.6 is 23.4 Å². The Kier molecular flexibility index (Phi) is 8.83. The fourth-order valence-electron chi connectivity index (χ4n) is 3.71. The van der Waals surface area contributed by atoms with Crippen molar-refractivity contribution in [3.8, 4) is 5.75 Å². The van der Waals surface area contributed by atoms with Gasteiger partial charge in [-0.1, -0.05) is 54.1 Å².